The lowest BCUT2D eigenvalue weighted by Gasteiger charge is -2.23. The van der Waals surface area contributed by atoms with Gasteiger partial charge in [-0.05, 0) is 31.6 Å². The van der Waals surface area contributed by atoms with E-state index in [1.54, 1.807) is 12.1 Å². The zero-order valence-corrected chi connectivity index (χ0v) is 12.0. The van der Waals surface area contributed by atoms with Crippen molar-refractivity contribution in [2.75, 3.05) is 24.7 Å². The Morgan fingerprint density at radius 3 is 2.95 bits per heavy atom. The van der Waals surface area contributed by atoms with Gasteiger partial charge in [0, 0.05) is 29.1 Å². The number of benzene rings is 1. The average Bonchev–Trinajstić information content (AvgIpc) is 2.83. The fourth-order valence-electron chi connectivity index (χ4n) is 2.20. The minimum Gasteiger partial charge on any atom is -0.490 e. The van der Waals surface area contributed by atoms with Crippen molar-refractivity contribution in [2.45, 2.75) is 24.5 Å². The molecule has 0 saturated carbocycles. The molecule has 1 N–H and O–H groups in total. The second-order valence-corrected chi connectivity index (χ2v) is 6.58. The van der Waals surface area contributed by atoms with E-state index in [0.717, 1.165) is 12.2 Å². The maximum absolute atomic E-state index is 10.8. The van der Waals surface area contributed by atoms with Gasteiger partial charge in [-0.3, -0.25) is 10.1 Å². The van der Waals surface area contributed by atoms with Gasteiger partial charge in [0.1, 0.15) is 0 Å². The van der Waals surface area contributed by atoms with Crippen molar-refractivity contribution in [1.82, 2.24) is 0 Å². The molecule has 1 aromatic rings. The van der Waals surface area contributed by atoms with Crippen molar-refractivity contribution in [3.63, 3.8) is 0 Å². The molecule has 2 rings (SSSR count). The zero-order chi connectivity index (χ0) is 13.9. The third-order valence-electron chi connectivity index (χ3n) is 3.34. The topological polar surface area (TPSA) is 64.4 Å². The molecule has 1 atom stereocenters. The van der Waals surface area contributed by atoms with Crippen LogP contribution in [0.2, 0.25) is 0 Å². The highest BCUT2D eigenvalue weighted by Gasteiger charge is 2.29. The predicted molar refractivity (Wildman–Crippen MR) is 78.2 cm³/mol. The smallest absolute Gasteiger partial charge is 0.311 e. The molecule has 1 unspecified atom stereocenters. The summed E-state index contributed by atoms with van der Waals surface area (Å²) < 4.78 is 5.32. The minimum absolute atomic E-state index is 0.00509. The molecule has 1 aromatic carbocycles. The van der Waals surface area contributed by atoms with Crippen LogP contribution in [-0.4, -0.2) is 29.1 Å². The second-order valence-electron chi connectivity index (χ2n) is 4.90. The number of rotatable bonds is 5. The number of nitrogens with one attached hydrogen (secondary N) is 1. The maximum atomic E-state index is 10.8. The van der Waals surface area contributed by atoms with Crippen LogP contribution >= 0.6 is 11.8 Å². The van der Waals surface area contributed by atoms with E-state index >= 15 is 0 Å². The van der Waals surface area contributed by atoms with Crippen LogP contribution in [0.5, 0.6) is 5.75 Å². The number of nitrogens with zero attached hydrogens (tertiary/aromatic N) is 1. The molecule has 1 saturated heterocycles. The quantitative estimate of drug-likeness (QED) is 0.663. The molecule has 104 valence electrons. The lowest BCUT2D eigenvalue weighted by atomic mass is 10.1. The summed E-state index contributed by atoms with van der Waals surface area (Å²) in [5, 5.41) is 14.2. The van der Waals surface area contributed by atoms with Gasteiger partial charge in [-0.2, -0.15) is 11.8 Å². The van der Waals surface area contributed by atoms with Gasteiger partial charge >= 0.3 is 5.69 Å². The van der Waals surface area contributed by atoms with Crippen LogP contribution < -0.4 is 10.1 Å². The summed E-state index contributed by atoms with van der Waals surface area (Å²) in [6.07, 6.45) is 2.46. The van der Waals surface area contributed by atoms with Crippen LogP contribution in [0.25, 0.3) is 0 Å². The normalized spacial score (nSPS) is 22.2. The number of nitro benzene ring substituents is 1. The number of hydrogen-bond donors (Lipinski definition) is 1. The lowest BCUT2D eigenvalue weighted by Crippen LogP contribution is -2.27. The van der Waals surface area contributed by atoms with Gasteiger partial charge in [-0.25, -0.2) is 0 Å². The van der Waals surface area contributed by atoms with E-state index in [9.17, 15) is 10.1 Å². The van der Waals surface area contributed by atoms with Crippen LogP contribution in [0.4, 0.5) is 11.4 Å². The van der Waals surface area contributed by atoms with E-state index in [0.29, 0.717) is 5.75 Å². The summed E-state index contributed by atoms with van der Waals surface area (Å²) >= 11 is 1.98. The van der Waals surface area contributed by atoms with E-state index in [4.69, 9.17) is 4.74 Å². The van der Waals surface area contributed by atoms with Crippen LogP contribution in [-0.2, 0) is 0 Å². The third kappa shape index (κ3) is 3.32. The first-order valence-electron chi connectivity index (χ1n) is 6.24. The first-order chi connectivity index (χ1) is 9.04. The summed E-state index contributed by atoms with van der Waals surface area (Å²) in [7, 11) is 1.44. The number of ether oxygens (including phenoxy) is 1. The second kappa shape index (κ2) is 5.69. The van der Waals surface area contributed by atoms with E-state index in [1.165, 1.54) is 31.8 Å². The Morgan fingerprint density at radius 1 is 1.58 bits per heavy atom. The molecule has 19 heavy (non-hydrogen) atoms. The predicted octanol–water partition coefficient (Wildman–Crippen LogP) is 3.30. The summed E-state index contributed by atoms with van der Waals surface area (Å²) in [4.78, 5) is 10.4. The fourth-order valence-corrected chi connectivity index (χ4v) is 3.45. The molecule has 0 spiro atoms. The number of methoxy groups -OCH3 is 1. The Bertz CT molecular complexity index is 473. The van der Waals surface area contributed by atoms with Gasteiger partial charge in [-0.1, -0.05) is 0 Å². The Morgan fingerprint density at radius 2 is 2.37 bits per heavy atom. The number of anilines is 1. The standard InChI is InChI=1S/C13H18N2O3S/c1-13(6-3-7-19-13)9-14-10-4-5-11(15(16)17)12(8-10)18-2/h4-5,8,14H,3,6-7,9H2,1-2H3. The number of hydrogen-bond acceptors (Lipinski definition) is 5. The molecular weight excluding hydrogens is 264 g/mol. The third-order valence-corrected chi connectivity index (χ3v) is 4.88. The molecular formula is C13H18N2O3S. The Labute approximate surface area is 116 Å². The summed E-state index contributed by atoms with van der Waals surface area (Å²) in [5.41, 5.74) is 0.852. The largest absolute Gasteiger partial charge is 0.490 e. The average molecular weight is 282 g/mol. The van der Waals surface area contributed by atoms with Crippen molar-refractivity contribution in [2.24, 2.45) is 0 Å². The summed E-state index contributed by atoms with van der Waals surface area (Å²) in [5.74, 6) is 1.50. The minimum atomic E-state index is -0.434. The van der Waals surface area contributed by atoms with E-state index in [2.05, 4.69) is 12.2 Å². The highest BCUT2D eigenvalue weighted by Crippen LogP contribution is 2.38. The number of thioether (sulfide) groups is 1. The molecule has 1 fully saturated rings. The summed E-state index contributed by atoms with van der Waals surface area (Å²) in [6.45, 7) is 3.11. The molecule has 5 nitrogen and oxygen atoms in total. The molecule has 1 heterocycles. The fraction of sp³-hybridized carbons (Fsp3) is 0.538. The molecule has 0 amide bonds. The Hall–Kier alpha value is -1.43. The highest BCUT2D eigenvalue weighted by atomic mass is 32.2. The maximum Gasteiger partial charge on any atom is 0.311 e. The van der Waals surface area contributed by atoms with E-state index in [-0.39, 0.29) is 10.4 Å². The first kappa shape index (κ1) is 14.0. The van der Waals surface area contributed by atoms with Crippen LogP contribution in [0.3, 0.4) is 0 Å². The Kier molecular flexibility index (Phi) is 4.19. The van der Waals surface area contributed by atoms with Crippen LogP contribution in [0.1, 0.15) is 19.8 Å². The van der Waals surface area contributed by atoms with Crippen LogP contribution in [0, 0.1) is 10.1 Å². The summed E-state index contributed by atoms with van der Waals surface area (Å²) in [6, 6.07) is 4.88. The van der Waals surface area contributed by atoms with Crippen molar-refractivity contribution >= 4 is 23.1 Å². The molecule has 1 aliphatic heterocycles. The molecule has 1 aliphatic rings. The van der Waals surface area contributed by atoms with E-state index < -0.39 is 4.92 Å². The monoisotopic (exact) mass is 282 g/mol. The number of nitro groups is 1. The van der Waals surface area contributed by atoms with Gasteiger partial charge in [0.05, 0.1) is 12.0 Å². The molecule has 0 bridgehead atoms. The molecule has 0 radical (unpaired) electrons. The van der Waals surface area contributed by atoms with Gasteiger partial charge in [-0.15, -0.1) is 0 Å². The molecule has 0 aliphatic carbocycles. The van der Waals surface area contributed by atoms with Crippen molar-refractivity contribution in [3.05, 3.63) is 28.3 Å². The van der Waals surface area contributed by atoms with Gasteiger partial charge < -0.3 is 10.1 Å². The van der Waals surface area contributed by atoms with Gasteiger partial charge in [0.25, 0.3) is 0 Å². The van der Waals surface area contributed by atoms with E-state index in [1.807, 2.05) is 11.8 Å². The van der Waals surface area contributed by atoms with Crippen molar-refractivity contribution < 1.29 is 9.66 Å². The van der Waals surface area contributed by atoms with Crippen LogP contribution in [0.15, 0.2) is 18.2 Å². The first-order valence-corrected chi connectivity index (χ1v) is 7.23. The SMILES string of the molecule is COc1cc(NCC2(C)CCCS2)ccc1[N+](=O)[O-]. The zero-order valence-electron chi connectivity index (χ0n) is 11.1. The molecule has 6 heteroatoms. The van der Waals surface area contributed by atoms with Crippen molar-refractivity contribution in [3.8, 4) is 5.75 Å². The van der Waals surface area contributed by atoms with Gasteiger partial charge in [0.15, 0.2) is 5.75 Å². The Balaban J connectivity index is 2.07. The molecule has 0 aromatic heterocycles. The lowest BCUT2D eigenvalue weighted by molar-refractivity contribution is -0.385. The van der Waals surface area contributed by atoms with Crippen molar-refractivity contribution in [1.29, 1.82) is 0 Å². The highest BCUT2D eigenvalue weighted by molar-refractivity contribution is 8.00. The van der Waals surface area contributed by atoms with Gasteiger partial charge in [0.2, 0.25) is 0 Å².